The number of carbonyl (C=O) groups excluding carboxylic acids is 1. The van der Waals surface area contributed by atoms with Gasteiger partial charge < -0.3 is 9.15 Å². The van der Waals surface area contributed by atoms with Crippen LogP contribution < -0.4 is 4.72 Å². The summed E-state index contributed by atoms with van der Waals surface area (Å²) in [7, 11) is -2.58. The van der Waals surface area contributed by atoms with Crippen molar-refractivity contribution in [3.05, 3.63) is 46.7 Å². The normalized spacial score (nSPS) is 11.5. The zero-order valence-corrected chi connectivity index (χ0v) is 14.2. The number of ether oxygens (including phenoxy) is 1. The fraction of sp³-hybridized carbons (Fsp3) is 0.333. The zero-order valence-electron chi connectivity index (χ0n) is 13.3. The lowest BCUT2D eigenvalue weighted by Gasteiger charge is -2.09. The highest BCUT2D eigenvalue weighted by molar-refractivity contribution is 7.89. The molecule has 0 aliphatic rings. The molecular weight excluding hydrogens is 320 g/mol. The molecule has 0 bridgehead atoms. The minimum atomic E-state index is -3.81. The molecule has 0 aliphatic heterocycles. The molecule has 0 unspecified atom stereocenters. The summed E-state index contributed by atoms with van der Waals surface area (Å²) in [5.41, 5.74) is 1.40. The number of hydrogen-bond donors (Lipinski definition) is 1. The van der Waals surface area contributed by atoms with Crippen molar-refractivity contribution in [2.24, 2.45) is 0 Å². The SMILES string of the molecule is COC(=O)c1ccc(C)c(S(=O)(=O)NCc2nc(C)c(C)o2)c1. The Hall–Kier alpha value is -2.19. The number of aromatic nitrogens is 1. The van der Waals surface area contributed by atoms with Crippen molar-refractivity contribution in [2.75, 3.05) is 7.11 Å². The monoisotopic (exact) mass is 338 g/mol. The van der Waals surface area contributed by atoms with Crippen molar-refractivity contribution in [1.29, 1.82) is 0 Å². The summed E-state index contributed by atoms with van der Waals surface area (Å²) < 4.78 is 37.3. The van der Waals surface area contributed by atoms with E-state index in [2.05, 4.69) is 14.4 Å². The highest BCUT2D eigenvalue weighted by Gasteiger charge is 2.20. The van der Waals surface area contributed by atoms with Crippen molar-refractivity contribution >= 4 is 16.0 Å². The first kappa shape index (κ1) is 17.2. The van der Waals surface area contributed by atoms with E-state index < -0.39 is 16.0 Å². The second-order valence-electron chi connectivity index (χ2n) is 5.05. The van der Waals surface area contributed by atoms with E-state index in [1.54, 1.807) is 26.8 Å². The highest BCUT2D eigenvalue weighted by atomic mass is 32.2. The second kappa shape index (κ2) is 6.51. The minimum Gasteiger partial charge on any atom is -0.465 e. The minimum absolute atomic E-state index is 0.0143. The molecule has 0 saturated carbocycles. The van der Waals surface area contributed by atoms with E-state index in [0.717, 1.165) is 0 Å². The number of nitrogens with one attached hydrogen (secondary N) is 1. The summed E-state index contributed by atoms with van der Waals surface area (Å²) in [6, 6.07) is 4.36. The zero-order chi connectivity index (χ0) is 17.2. The van der Waals surface area contributed by atoms with Crippen molar-refractivity contribution in [3.63, 3.8) is 0 Å². The number of nitrogens with zero attached hydrogens (tertiary/aromatic N) is 1. The summed E-state index contributed by atoms with van der Waals surface area (Å²) in [5.74, 6) is 0.328. The number of carbonyl (C=O) groups is 1. The molecule has 0 amide bonds. The van der Waals surface area contributed by atoms with Crippen LogP contribution in [0.5, 0.6) is 0 Å². The number of rotatable bonds is 5. The lowest BCUT2D eigenvalue weighted by Crippen LogP contribution is -2.24. The maximum absolute atomic E-state index is 12.4. The smallest absolute Gasteiger partial charge is 0.337 e. The first-order valence-electron chi connectivity index (χ1n) is 6.86. The fourth-order valence-electron chi connectivity index (χ4n) is 1.98. The van der Waals surface area contributed by atoms with Crippen LogP contribution in [0.1, 0.15) is 33.3 Å². The van der Waals surface area contributed by atoms with E-state index in [4.69, 9.17) is 4.42 Å². The average Bonchev–Trinajstić information content (AvgIpc) is 2.83. The van der Waals surface area contributed by atoms with Crippen molar-refractivity contribution < 1.29 is 22.4 Å². The van der Waals surface area contributed by atoms with Crippen LogP contribution in [0.4, 0.5) is 0 Å². The van der Waals surface area contributed by atoms with Gasteiger partial charge in [0.1, 0.15) is 5.76 Å². The van der Waals surface area contributed by atoms with Gasteiger partial charge >= 0.3 is 5.97 Å². The summed E-state index contributed by atoms with van der Waals surface area (Å²) in [6.45, 7) is 5.11. The molecule has 1 aromatic heterocycles. The Kier molecular flexibility index (Phi) is 4.86. The molecule has 0 radical (unpaired) electrons. The quantitative estimate of drug-likeness (QED) is 0.836. The molecule has 23 heavy (non-hydrogen) atoms. The lowest BCUT2D eigenvalue weighted by molar-refractivity contribution is 0.0600. The molecule has 0 fully saturated rings. The number of esters is 1. The van der Waals surface area contributed by atoms with E-state index in [-0.39, 0.29) is 22.9 Å². The first-order chi connectivity index (χ1) is 10.7. The third kappa shape index (κ3) is 3.77. The summed E-state index contributed by atoms with van der Waals surface area (Å²) in [4.78, 5) is 15.7. The maximum atomic E-state index is 12.4. The Morgan fingerprint density at radius 3 is 2.57 bits per heavy atom. The molecule has 2 rings (SSSR count). The lowest BCUT2D eigenvalue weighted by atomic mass is 10.1. The van der Waals surface area contributed by atoms with Gasteiger partial charge in [0.05, 0.1) is 29.8 Å². The number of aryl methyl sites for hydroxylation is 3. The van der Waals surface area contributed by atoms with E-state index in [1.807, 2.05) is 0 Å². The number of oxazole rings is 1. The second-order valence-corrected chi connectivity index (χ2v) is 6.78. The standard InChI is InChI=1S/C15H18N2O5S/c1-9-5-6-12(15(18)21-4)7-13(9)23(19,20)16-8-14-17-10(2)11(3)22-14/h5-7,16H,8H2,1-4H3. The van der Waals surface area contributed by atoms with Crippen LogP contribution in [0.25, 0.3) is 0 Å². The molecule has 124 valence electrons. The van der Waals surface area contributed by atoms with Gasteiger partial charge in [-0.2, -0.15) is 0 Å². The molecule has 7 nitrogen and oxygen atoms in total. The van der Waals surface area contributed by atoms with E-state index in [9.17, 15) is 13.2 Å². The van der Waals surface area contributed by atoms with Crippen LogP contribution in [0.2, 0.25) is 0 Å². The number of sulfonamides is 1. The fourth-order valence-corrected chi connectivity index (χ4v) is 3.23. The topological polar surface area (TPSA) is 98.5 Å². The Morgan fingerprint density at radius 2 is 2.00 bits per heavy atom. The van der Waals surface area contributed by atoms with Gasteiger partial charge in [-0.1, -0.05) is 6.07 Å². The summed E-state index contributed by atoms with van der Waals surface area (Å²) in [6.07, 6.45) is 0. The van der Waals surface area contributed by atoms with Crippen molar-refractivity contribution in [3.8, 4) is 0 Å². The van der Waals surface area contributed by atoms with Crippen LogP contribution in [0.3, 0.4) is 0 Å². The molecule has 1 heterocycles. The Labute approximate surface area is 134 Å². The Bertz CT molecular complexity index is 820. The van der Waals surface area contributed by atoms with Gasteiger partial charge in [0.25, 0.3) is 0 Å². The van der Waals surface area contributed by atoms with Crippen molar-refractivity contribution in [1.82, 2.24) is 9.71 Å². The first-order valence-corrected chi connectivity index (χ1v) is 8.34. The number of hydrogen-bond acceptors (Lipinski definition) is 6. The van der Waals surface area contributed by atoms with Crippen LogP contribution in [-0.2, 0) is 21.3 Å². The number of methoxy groups -OCH3 is 1. The van der Waals surface area contributed by atoms with Crippen LogP contribution in [0, 0.1) is 20.8 Å². The number of benzene rings is 1. The molecule has 1 aromatic carbocycles. The van der Waals surface area contributed by atoms with Crippen LogP contribution >= 0.6 is 0 Å². The summed E-state index contributed by atoms with van der Waals surface area (Å²) in [5, 5.41) is 0. The molecule has 2 aromatic rings. The molecule has 1 N–H and O–H groups in total. The van der Waals surface area contributed by atoms with Gasteiger partial charge in [0.15, 0.2) is 0 Å². The Morgan fingerprint density at radius 1 is 1.30 bits per heavy atom. The molecule has 0 aliphatic carbocycles. The third-order valence-electron chi connectivity index (χ3n) is 3.38. The highest BCUT2D eigenvalue weighted by Crippen LogP contribution is 2.18. The molecule has 0 saturated heterocycles. The maximum Gasteiger partial charge on any atom is 0.337 e. The molecule has 0 spiro atoms. The largest absolute Gasteiger partial charge is 0.465 e. The van der Waals surface area contributed by atoms with Crippen LogP contribution in [0.15, 0.2) is 27.5 Å². The predicted octanol–water partition coefficient (Wildman–Crippen LogP) is 1.86. The third-order valence-corrected chi connectivity index (χ3v) is 4.93. The molecular formula is C15H18N2O5S. The van der Waals surface area contributed by atoms with E-state index in [1.165, 1.54) is 19.2 Å². The summed E-state index contributed by atoms with van der Waals surface area (Å²) >= 11 is 0. The van der Waals surface area contributed by atoms with Gasteiger partial charge in [0, 0.05) is 0 Å². The Balaban J connectivity index is 2.26. The van der Waals surface area contributed by atoms with Crippen molar-refractivity contribution in [2.45, 2.75) is 32.2 Å². The molecule has 8 heteroatoms. The predicted molar refractivity (Wildman–Crippen MR) is 82.5 cm³/mol. The average molecular weight is 338 g/mol. The van der Waals surface area contributed by atoms with E-state index in [0.29, 0.717) is 17.0 Å². The van der Waals surface area contributed by atoms with Crippen LogP contribution in [-0.4, -0.2) is 26.5 Å². The van der Waals surface area contributed by atoms with E-state index >= 15 is 0 Å². The van der Waals surface area contributed by atoms with Gasteiger partial charge in [-0.3, -0.25) is 0 Å². The van der Waals surface area contributed by atoms with Gasteiger partial charge in [-0.15, -0.1) is 0 Å². The van der Waals surface area contributed by atoms with Gasteiger partial charge in [-0.25, -0.2) is 22.9 Å². The van der Waals surface area contributed by atoms with Gasteiger partial charge in [-0.05, 0) is 38.5 Å². The molecule has 0 atom stereocenters. The van der Waals surface area contributed by atoms with Gasteiger partial charge in [0.2, 0.25) is 15.9 Å².